The third-order valence-electron chi connectivity index (χ3n) is 2.56. The summed E-state index contributed by atoms with van der Waals surface area (Å²) in [5.41, 5.74) is 0. The molecule has 0 radical (unpaired) electrons. The molecule has 0 rings (SSSR count). The zero-order chi connectivity index (χ0) is 11.0. The van der Waals surface area contributed by atoms with Crippen molar-refractivity contribution < 1.29 is 0 Å². The van der Waals surface area contributed by atoms with Crippen molar-refractivity contribution >= 4 is 5.84 Å². The maximum Gasteiger partial charge on any atom is 0.0986 e. The quantitative estimate of drug-likeness (QED) is 0.472. The molecule has 0 fully saturated rings. The number of nitrogens with zero attached hydrogens (tertiary/aromatic N) is 2. The van der Waals surface area contributed by atoms with Crippen LogP contribution in [0.2, 0.25) is 0 Å². The van der Waals surface area contributed by atoms with Crippen LogP contribution in [0.15, 0.2) is 4.99 Å². The van der Waals surface area contributed by atoms with E-state index in [2.05, 4.69) is 39.6 Å². The van der Waals surface area contributed by atoms with Gasteiger partial charge in [0.25, 0.3) is 0 Å². The summed E-state index contributed by atoms with van der Waals surface area (Å²) < 4.78 is 0. The maximum absolute atomic E-state index is 4.71. The van der Waals surface area contributed by atoms with Gasteiger partial charge in [-0.2, -0.15) is 0 Å². The molecular weight excluding hydrogens is 172 g/mol. The molecule has 0 N–H and O–H groups in total. The van der Waals surface area contributed by atoms with E-state index in [1.54, 1.807) is 0 Å². The van der Waals surface area contributed by atoms with Gasteiger partial charge in [0.15, 0.2) is 0 Å². The molecule has 2 heteroatoms. The molecule has 0 bridgehead atoms. The lowest BCUT2D eigenvalue weighted by molar-refractivity contribution is 0.470. The van der Waals surface area contributed by atoms with Crippen molar-refractivity contribution in [2.24, 2.45) is 4.99 Å². The number of unbranched alkanes of at least 4 members (excludes halogenated alkanes) is 1. The van der Waals surface area contributed by atoms with Crippen LogP contribution < -0.4 is 0 Å². The SMILES string of the molecule is CCCCN(C)/C(CC)=N\C(C)CC. The predicted molar refractivity (Wildman–Crippen MR) is 65.0 cm³/mol. The average molecular weight is 198 g/mol. The molecule has 0 saturated heterocycles. The van der Waals surface area contributed by atoms with Gasteiger partial charge in [0.2, 0.25) is 0 Å². The minimum absolute atomic E-state index is 0.467. The van der Waals surface area contributed by atoms with E-state index in [1.165, 1.54) is 18.7 Å². The third-order valence-corrected chi connectivity index (χ3v) is 2.56. The molecule has 0 aromatic carbocycles. The predicted octanol–water partition coefficient (Wildman–Crippen LogP) is 3.33. The van der Waals surface area contributed by atoms with Crippen LogP contribution >= 0.6 is 0 Å². The lowest BCUT2D eigenvalue weighted by Crippen LogP contribution is -2.28. The first-order valence-electron chi connectivity index (χ1n) is 5.93. The topological polar surface area (TPSA) is 15.6 Å². The average Bonchev–Trinajstić information content (AvgIpc) is 2.21. The lowest BCUT2D eigenvalue weighted by atomic mass is 10.2. The Morgan fingerprint density at radius 3 is 2.36 bits per heavy atom. The zero-order valence-electron chi connectivity index (χ0n) is 10.5. The number of hydrogen-bond donors (Lipinski definition) is 0. The molecule has 0 aromatic rings. The second kappa shape index (κ2) is 7.84. The van der Waals surface area contributed by atoms with Crippen LogP contribution in [0.3, 0.4) is 0 Å². The Morgan fingerprint density at radius 2 is 1.93 bits per heavy atom. The number of amidine groups is 1. The van der Waals surface area contributed by atoms with Crippen molar-refractivity contribution in [3.63, 3.8) is 0 Å². The molecule has 1 atom stereocenters. The lowest BCUT2D eigenvalue weighted by Gasteiger charge is -2.21. The second-order valence-corrected chi connectivity index (χ2v) is 3.93. The van der Waals surface area contributed by atoms with Crippen molar-refractivity contribution in [2.75, 3.05) is 13.6 Å². The fourth-order valence-electron chi connectivity index (χ4n) is 1.33. The first-order chi connectivity index (χ1) is 6.65. The highest BCUT2D eigenvalue weighted by Crippen LogP contribution is 2.02. The van der Waals surface area contributed by atoms with Crippen LogP contribution in [0.5, 0.6) is 0 Å². The summed E-state index contributed by atoms with van der Waals surface area (Å²) in [6.07, 6.45) is 4.69. The van der Waals surface area contributed by atoms with Gasteiger partial charge in [0.1, 0.15) is 0 Å². The largest absolute Gasteiger partial charge is 0.363 e. The maximum atomic E-state index is 4.71. The molecule has 0 heterocycles. The van der Waals surface area contributed by atoms with E-state index >= 15 is 0 Å². The Balaban J connectivity index is 4.16. The van der Waals surface area contributed by atoms with Gasteiger partial charge in [0.05, 0.1) is 5.84 Å². The van der Waals surface area contributed by atoms with Gasteiger partial charge in [-0.05, 0) is 19.8 Å². The molecule has 0 amide bonds. The minimum atomic E-state index is 0.467. The molecule has 1 unspecified atom stereocenters. The third kappa shape index (κ3) is 5.25. The first-order valence-corrected chi connectivity index (χ1v) is 5.93. The molecule has 14 heavy (non-hydrogen) atoms. The number of rotatable bonds is 6. The highest BCUT2D eigenvalue weighted by Gasteiger charge is 2.04. The van der Waals surface area contributed by atoms with E-state index in [-0.39, 0.29) is 0 Å². The van der Waals surface area contributed by atoms with Crippen molar-refractivity contribution in [2.45, 2.75) is 59.4 Å². The summed E-state index contributed by atoms with van der Waals surface area (Å²) >= 11 is 0. The number of hydrogen-bond acceptors (Lipinski definition) is 1. The minimum Gasteiger partial charge on any atom is -0.363 e. The Labute approximate surface area is 89.4 Å². The molecule has 0 aliphatic rings. The Hall–Kier alpha value is -0.530. The van der Waals surface area contributed by atoms with E-state index in [9.17, 15) is 0 Å². The van der Waals surface area contributed by atoms with Crippen LogP contribution in [0.4, 0.5) is 0 Å². The van der Waals surface area contributed by atoms with Gasteiger partial charge >= 0.3 is 0 Å². The highest BCUT2D eigenvalue weighted by molar-refractivity contribution is 5.81. The summed E-state index contributed by atoms with van der Waals surface area (Å²) in [4.78, 5) is 7.01. The van der Waals surface area contributed by atoms with Gasteiger partial charge in [-0.3, -0.25) is 4.99 Å². The first kappa shape index (κ1) is 13.5. The Kier molecular flexibility index (Phi) is 7.54. The summed E-state index contributed by atoms with van der Waals surface area (Å²) in [6, 6.07) is 0.467. The van der Waals surface area contributed by atoms with Crippen LogP contribution in [0, 0.1) is 0 Å². The monoisotopic (exact) mass is 198 g/mol. The fourth-order valence-corrected chi connectivity index (χ4v) is 1.33. The van der Waals surface area contributed by atoms with Gasteiger partial charge < -0.3 is 4.90 Å². The van der Waals surface area contributed by atoms with Gasteiger partial charge in [-0.1, -0.05) is 27.2 Å². The molecule has 0 saturated carbocycles. The van der Waals surface area contributed by atoms with Crippen molar-refractivity contribution in [1.29, 1.82) is 0 Å². The van der Waals surface area contributed by atoms with Crippen molar-refractivity contribution in [3.8, 4) is 0 Å². The van der Waals surface area contributed by atoms with Crippen LogP contribution in [0.1, 0.15) is 53.4 Å². The standard InChI is InChI=1S/C12H26N2/c1-6-9-10-14(5)12(8-3)13-11(4)7-2/h11H,6-10H2,1-5H3/b13-12-. The zero-order valence-corrected chi connectivity index (χ0v) is 10.5. The van der Waals surface area contributed by atoms with E-state index in [0.29, 0.717) is 6.04 Å². The van der Waals surface area contributed by atoms with Gasteiger partial charge in [-0.15, -0.1) is 0 Å². The molecule has 0 spiro atoms. The molecule has 0 aliphatic heterocycles. The van der Waals surface area contributed by atoms with Crippen molar-refractivity contribution in [3.05, 3.63) is 0 Å². The van der Waals surface area contributed by atoms with E-state index in [0.717, 1.165) is 19.4 Å². The molecule has 2 nitrogen and oxygen atoms in total. The van der Waals surface area contributed by atoms with Gasteiger partial charge in [0, 0.05) is 26.1 Å². The second-order valence-electron chi connectivity index (χ2n) is 3.93. The summed E-state index contributed by atoms with van der Waals surface area (Å²) in [6.45, 7) is 9.92. The summed E-state index contributed by atoms with van der Waals surface area (Å²) in [5.74, 6) is 1.26. The fraction of sp³-hybridized carbons (Fsp3) is 0.917. The molecular formula is C12H26N2. The summed E-state index contributed by atoms with van der Waals surface area (Å²) in [7, 11) is 2.15. The van der Waals surface area contributed by atoms with E-state index in [1.807, 2.05) is 0 Å². The van der Waals surface area contributed by atoms with Crippen LogP contribution in [-0.2, 0) is 0 Å². The van der Waals surface area contributed by atoms with Crippen LogP contribution in [0.25, 0.3) is 0 Å². The van der Waals surface area contributed by atoms with Crippen LogP contribution in [-0.4, -0.2) is 30.4 Å². The van der Waals surface area contributed by atoms with E-state index in [4.69, 9.17) is 4.99 Å². The van der Waals surface area contributed by atoms with Crippen molar-refractivity contribution in [1.82, 2.24) is 4.90 Å². The number of aliphatic imine (C=N–C) groups is 1. The summed E-state index contributed by atoms with van der Waals surface area (Å²) in [5, 5.41) is 0. The molecule has 84 valence electrons. The van der Waals surface area contributed by atoms with Gasteiger partial charge in [-0.25, -0.2) is 0 Å². The smallest absolute Gasteiger partial charge is 0.0986 e. The Bertz CT molecular complexity index is 164. The van der Waals surface area contributed by atoms with E-state index < -0.39 is 0 Å². The highest BCUT2D eigenvalue weighted by atomic mass is 15.2. The Morgan fingerprint density at radius 1 is 1.29 bits per heavy atom. The normalized spacial score (nSPS) is 14.2. The molecule has 0 aliphatic carbocycles. The molecule has 0 aromatic heterocycles.